The number of benzene rings is 1. The van der Waals surface area contributed by atoms with Gasteiger partial charge in [-0.15, -0.1) is 0 Å². The van der Waals surface area contributed by atoms with Crippen molar-refractivity contribution in [2.24, 2.45) is 0 Å². The van der Waals surface area contributed by atoms with Crippen molar-refractivity contribution in [3.05, 3.63) is 24.3 Å². The molecule has 0 aliphatic carbocycles. The summed E-state index contributed by atoms with van der Waals surface area (Å²) in [5.74, 6) is 0.838. The average molecular weight is 269 g/mol. The molecular weight excluding hydrogens is 246 g/mol. The van der Waals surface area contributed by atoms with Crippen molar-refractivity contribution in [2.75, 3.05) is 59.1 Å². The highest BCUT2D eigenvalue weighted by Gasteiger charge is 1.99. The Kier molecular flexibility index (Phi) is 8.80. The van der Waals surface area contributed by atoms with Crippen LogP contribution in [0.25, 0.3) is 0 Å². The molecule has 0 bridgehead atoms. The number of anilines is 1. The van der Waals surface area contributed by atoms with Crippen molar-refractivity contribution in [2.45, 2.75) is 0 Å². The van der Waals surface area contributed by atoms with E-state index in [2.05, 4.69) is 5.32 Å². The van der Waals surface area contributed by atoms with Gasteiger partial charge in [0.2, 0.25) is 0 Å². The first-order valence-corrected chi connectivity index (χ1v) is 6.39. The molecule has 0 radical (unpaired) electrons. The Labute approximate surface area is 114 Å². The van der Waals surface area contributed by atoms with E-state index in [0.29, 0.717) is 33.0 Å². The van der Waals surface area contributed by atoms with E-state index in [0.717, 1.165) is 18.0 Å². The zero-order chi connectivity index (χ0) is 13.8. The van der Waals surface area contributed by atoms with E-state index in [-0.39, 0.29) is 0 Å². The maximum atomic E-state index is 5.44. The van der Waals surface area contributed by atoms with Crippen LogP contribution >= 0.6 is 0 Å². The normalized spacial score (nSPS) is 10.4. The Bertz CT molecular complexity index is 333. The highest BCUT2D eigenvalue weighted by molar-refractivity contribution is 5.55. The van der Waals surface area contributed by atoms with E-state index in [1.165, 1.54) is 0 Å². The zero-order valence-corrected chi connectivity index (χ0v) is 11.7. The fourth-order valence-corrected chi connectivity index (χ4v) is 1.51. The molecule has 1 rings (SSSR count). The second-order valence-corrected chi connectivity index (χ2v) is 3.84. The molecule has 0 spiro atoms. The molecular formula is C14H23NO4. The number of nitrogens with one attached hydrogen (secondary N) is 1. The predicted octanol–water partition coefficient (Wildman–Crippen LogP) is 1.79. The Morgan fingerprint density at radius 1 is 0.895 bits per heavy atom. The van der Waals surface area contributed by atoms with Gasteiger partial charge in [-0.1, -0.05) is 12.1 Å². The maximum Gasteiger partial charge on any atom is 0.141 e. The first-order valence-electron chi connectivity index (χ1n) is 6.39. The Balaban J connectivity index is 2.01. The van der Waals surface area contributed by atoms with Crippen molar-refractivity contribution >= 4 is 5.69 Å². The van der Waals surface area contributed by atoms with Gasteiger partial charge in [-0.3, -0.25) is 0 Å². The zero-order valence-electron chi connectivity index (χ0n) is 11.7. The van der Waals surface area contributed by atoms with E-state index >= 15 is 0 Å². The molecule has 0 amide bonds. The molecule has 19 heavy (non-hydrogen) atoms. The minimum atomic E-state index is 0.595. The van der Waals surface area contributed by atoms with Gasteiger partial charge in [0.15, 0.2) is 0 Å². The molecule has 0 atom stereocenters. The van der Waals surface area contributed by atoms with E-state index in [9.17, 15) is 0 Å². The van der Waals surface area contributed by atoms with Crippen LogP contribution in [0.1, 0.15) is 0 Å². The summed E-state index contributed by atoms with van der Waals surface area (Å²) < 4.78 is 20.8. The van der Waals surface area contributed by atoms with Crippen molar-refractivity contribution in [3.63, 3.8) is 0 Å². The number of hydrogen-bond donors (Lipinski definition) is 1. The molecule has 0 aliphatic rings. The van der Waals surface area contributed by atoms with Crippen LogP contribution < -0.4 is 10.1 Å². The Morgan fingerprint density at radius 2 is 1.58 bits per heavy atom. The number of ether oxygens (including phenoxy) is 4. The molecule has 0 unspecified atom stereocenters. The summed E-state index contributed by atoms with van der Waals surface area (Å²) in [6.45, 7) is 3.79. The van der Waals surface area contributed by atoms with Gasteiger partial charge >= 0.3 is 0 Å². The van der Waals surface area contributed by atoms with E-state index in [1.54, 1.807) is 14.2 Å². The summed E-state index contributed by atoms with van der Waals surface area (Å²) >= 11 is 0. The molecule has 0 aliphatic heterocycles. The predicted molar refractivity (Wildman–Crippen MR) is 75.0 cm³/mol. The van der Waals surface area contributed by atoms with Crippen LogP contribution in [0, 0.1) is 0 Å². The van der Waals surface area contributed by atoms with Crippen LogP contribution in [0.5, 0.6) is 5.75 Å². The third-order valence-electron chi connectivity index (χ3n) is 2.47. The third-order valence-corrected chi connectivity index (χ3v) is 2.47. The highest BCUT2D eigenvalue weighted by Crippen LogP contribution is 2.22. The third kappa shape index (κ3) is 7.00. The Hall–Kier alpha value is -1.30. The molecule has 0 aromatic heterocycles. The van der Waals surface area contributed by atoms with Crippen molar-refractivity contribution in [1.82, 2.24) is 0 Å². The van der Waals surface area contributed by atoms with Crippen molar-refractivity contribution in [3.8, 4) is 5.75 Å². The van der Waals surface area contributed by atoms with Gasteiger partial charge < -0.3 is 24.3 Å². The number of methoxy groups -OCH3 is 2. The van der Waals surface area contributed by atoms with Crippen LogP contribution in [0.15, 0.2) is 24.3 Å². The minimum absolute atomic E-state index is 0.595. The molecule has 5 nitrogen and oxygen atoms in total. The lowest BCUT2D eigenvalue weighted by atomic mass is 10.3. The summed E-state index contributed by atoms with van der Waals surface area (Å²) in [6.07, 6.45) is 0. The van der Waals surface area contributed by atoms with Gasteiger partial charge in [-0.2, -0.15) is 0 Å². The van der Waals surface area contributed by atoms with E-state index in [1.807, 2.05) is 24.3 Å². The molecule has 1 aromatic carbocycles. The second-order valence-electron chi connectivity index (χ2n) is 3.84. The minimum Gasteiger partial charge on any atom is -0.495 e. The summed E-state index contributed by atoms with van der Waals surface area (Å²) in [5.41, 5.74) is 0.977. The van der Waals surface area contributed by atoms with Crippen LogP contribution in [-0.4, -0.2) is 53.8 Å². The van der Waals surface area contributed by atoms with Crippen LogP contribution in [0.3, 0.4) is 0 Å². The summed E-state index contributed by atoms with van der Waals surface area (Å²) in [7, 11) is 3.32. The van der Waals surface area contributed by atoms with Crippen molar-refractivity contribution < 1.29 is 18.9 Å². The fraction of sp³-hybridized carbons (Fsp3) is 0.571. The van der Waals surface area contributed by atoms with Gasteiger partial charge in [0.05, 0.1) is 45.8 Å². The lowest BCUT2D eigenvalue weighted by molar-refractivity contribution is 0.0272. The monoisotopic (exact) mass is 269 g/mol. The van der Waals surface area contributed by atoms with Crippen LogP contribution in [0.4, 0.5) is 5.69 Å². The first-order chi connectivity index (χ1) is 9.38. The van der Waals surface area contributed by atoms with Crippen molar-refractivity contribution in [1.29, 1.82) is 0 Å². The van der Waals surface area contributed by atoms with E-state index in [4.69, 9.17) is 18.9 Å². The number of para-hydroxylation sites is 2. The van der Waals surface area contributed by atoms with Gasteiger partial charge in [0.1, 0.15) is 5.75 Å². The van der Waals surface area contributed by atoms with Gasteiger partial charge in [-0.25, -0.2) is 0 Å². The molecule has 108 valence electrons. The lowest BCUT2D eigenvalue weighted by Crippen LogP contribution is -2.13. The molecule has 0 saturated carbocycles. The number of hydrogen-bond acceptors (Lipinski definition) is 5. The SMILES string of the molecule is COCCOCCOCCNc1ccccc1OC. The molecule has 0 heterocycles. The molecule has 1 aromatic rings. The first kappa shape index (κ1) is 15.8. The summed E-state index contributed by atoms with van der Waals surface area (Å²) in [5, 5.41) is 3.26. The highest BCUT2D eigenvalue weighted by atomic mass is 16.5. The van der Waals surface area contributed by atoms with Crippen LogP contribution in [0.2, 0.25) is 0 Å². The van der Waals surface area contributed by atoms with Gasteiger partial charge in [0.25, 0.3) is 0 Å². The quantitative estimate of drug-likeness (QED) is 0.621. The molecule has 5 heteroatoms. The smallest absolute Gasteiger partial charge is 0.141 e. The Morgan fingerprint density at radius 3 is 2.32 bits per heavy atom. The van der Waals surface area contributed by atoms with E-state index < -0.39 is 0 Å². The largest absolute Gasteiger partial charge is 0.495 e. The topological polar surface area (TPSA) is 49.0 Å². The molecule has 0 saturated heterocycles. The summed E-state index contributed by atoms with van der Waals surface area (Å²) in [6, 6.07) is 7.81. The average Bonchev–Trinajstić information content (AvgIpc) is 2.46. The molecule has 0 fully saturated rings. The lowest BCUT2D eigenvalue weighted by Gasteiger charge is -2.11. The van der Waals surface area contributed by atoms with Gasteiger partial charge in [-0.05, 0) is 12.1 Å². The standard InChI is InChI=1S/C14H23NO4/c1-16-9-10-19-12-11-18-8-7-15-13-5-3-4-6-14(13)17-2/h3-6,15H,7-12H2,1-2H3. The fourth-order valence-electron chi connectivity index (χ4n) is 1.51. The second kappa shape index (κ2) is 10.6. The molecule has 1 N–H and O–H groups in total. The van der Waals surface area contributed by atoms with Crippen LogP contribution in [-0.2, 0) is 14.2 Å². The summed E-state index contributed by atoms with van der Waals surface area (Å²) in [4.78, 5) is 0. The number of rotatable bonds is 11. The van der Waals surface area contributed by atoms with Gasteiger partial charge in [0, 0.05) is 13.7 Å². The maximum absolute atomic E-state index is 5.44.